The number of hydrogen-bond donors (Lipinski definition) is 0. The molecule has 0 aliphatic rings. The Labute approximate surface area is 97.0 Å². The monoisotopic (exact) mass is 229 g/mol. The van der Waals surface area contributed by atoms with Crippen LogP contribution in [-0.2, 0) is 0 Å². The van der Waals surface area contributed by atoms with Gasteiger partial charge < -0.3 is 9.90 Å². The maximum absolute atomic E-state index is 11.2. The largest absolute Gasteiger partial charge is 0.543 e. The van der Waals surface area contributed by atoms with Gasteiger partial charge >= 0.3 is 0 Å². The fourth-order valence-electron chi connectivity index (χ4n) is 1.39. The molecule has 0 amide bonds. The van der Waals surface area contributed by atoms with Crippen LogP contribution in [0.5, 0.6) is 0 Å². The van der Waals surface area contributed by atoms with Crippen LogP contribution in [0.4, 0.5) is 0 Å². The Morgan fingerprint density at radius 3 is 2.47 bits per heavy atom. The van der Waals surface area contributed by atoms with E-state index in [-0.39, 0.29) is 0 Å². The molecule has 0 saturated heterocycles. The highest BCUT2D eigenvalue weighted by atomic mass is 16.4. The number of rotatable bonds is 2. The summed E-state index contributed by atoms with van der Waals surface area (Å²) in [6.07, 6.45) is 1.42. The van der Waals surface area contributed by atoms with Crippen LogP contribution in [0.1, 0.15) is 16.1 Å². The van der Waals surface area contributed by atoms with Gasteiger partial charge in [-0.25, -0.2) is 4.68 Å². The molecule has 2 rings (SSSR count). The molecule has 0 fully saturated rings. The molecule has 5 heteroatoms. The van der Waals surface area contributed by atoms with Gasteiger partial charge in [0, 0.05) is 12.3 Å². The minimum atomic E-state index is -1.57. The quantitative estimate of drug-likeness (QED) is 0.721. The van der Waals surface area contributed by atoms with Gasteiger partial charge in [-0.3, -0.25) is 4.79 Å². The predicted octanol–water partition coefficient (Wildman–Crippen LogP) is -0.0956. The lowest BCUT2D eigenvalue weighted by Crippen LogP contribution is -2.31. The summed E-state index contributed by atoms with van der Waals surface area (Å²) in [5, 5.41) is 14.4. The number of aromatic nitrogens is 2. The molecule has 0 bridgehead atoms. The number of carboxylic acids is 1. The van der Waals surface area contributed by atoms with Crippen LogP contribution >= 0.6 is 0 Å². The smallest absolute Gasteiger partial charge is 0.209 e. The second kappa shape index (κ2) is 4.21. The SMILES string of the molecule is Cc1ccc(-n2ccc(=O)c(C(=O)[O-])n2)cc1. The Morgan fingerprint density at radius 1 is 1.24 bits per heavy atom. The highest BCUT2D eigenvalue weighted by Crippen LogP contribution is 2.06. The summed E-state index contributed by atoms with van der Waals surface area (Å²) in [5.41, 5.74) is 0.509. The van der Waals surface area contributed by atoms with Crippen molar-refractivity contribution in [3.8, 4) is 5.69 Å². The number of hydrogen-bond acceptors (Lipinski definition) is 4. The van der Waals surface area contributed by atoms with Crippen molar-refractivity contribution in [3.05, 3.63) is 58.0 Å². The second-order valence-corrected chi connectivity index (χ2v) is 3.60. The van der Waals surface area contributed by atoms with Crippen molar-refractivity contribution in [2.75, 3.05) is 0 Å². The Hall–Kier alpha value is -2.43. The molecule has 0 spiro atoms. The average molecular weight is 229 g/mol. The fraction of sp³-hybridized carbons (Fsp3) is 0.0833. The van der Waals surface area contributed by atoms with Crippen LogP contribution in [0.2, 0.25) is 0 Å². The molecular weight excluding hydrogens is 220 g/mol. The lowest BCUT2D eigenvalue weighted by Gasteiger charge is -2.07. The van der Waals surface area contributed by atoms with Crippen LogP contribution in [-0.4, -0.2) is 15.7 Å². The first-order valence-corrected chi connectivity index (χ1v) is 4.96. The molecule has 1 aromatic carbocycles. The van der Waals surface area contributed by atoms with E-state index in [9.17, 15) is 14.7 Å². The van der Waals surface area contributed by atoms with Gasteiger partial charge in [-0.15, -0.1) is 0 Å². The van der Waals surface area contributed by atoms with E-state index < -0.39 is 17.1 Å². The fourth-order valence-corrected chi connectivity index (χ4v) is 1.39. The zero-order valence-corrected chi connectivity index (χ0v) is 9.08. The molecule has 86 valence electrons. The van der Waals surface area contributed by atoms with Crippen LogP contribution in [0, 0.1) is 6.92 Å². The summed E-state index contributed by atoms with van der Waals surface area (Å²) in [6, 6.07) is 8.46. The van der Waals surface area contributed by atoms with Crippen molar-refractivity contribution < 1.29 is 9.90 Å². The second-order valence-electron chi connectivity index (χ2n) is 3.60. The third kappa shape index (κ3) is 2.23. The maximum atomic E-state index is 11.2. The third-order valence-electron chi connectivity index (χ3n) is 2.30. The first kappa shape index (κ1) is 11.1. The van der Waals surface area contributed by atoms with Crippen molar-refractivity contribution in [3.63, 3.8) is 0 Å². The van der Waals surface area contributed by atoms with Gasteiger partial charge in [0.1, 0.15) is 0 Å². The first-order chi connectivity index (χ1) is 8.08. The Morgan fingerprint density at radius 2 is 1.88 bits per heavy atom. The molecule has 1 heterocycles. The van der Waals surface area contributed by atoms with Gasteiger partial charge in [-0.1, -0.05) is 17.7 Å². The van der Waals surface area contributed by atoms with Gasteiger partial charge in [-0.2, -0.15) is 5.10 Å². The molecule has 0 atom stereocenters. The topological polar surface area (TPSA) is 75.0 Å². The molecule has 0 N–H and O–H groups in total. The Bertz CT molecular complexity index is 614. The number of carboxylic acid groups (broad SMARTS) is 1. The van der Waals surface area contributed by atoms with Gasteiger partial charge in [0.25, 0.3) is 0 Å². The number of aryl methyl sites for hydroxylation is 1. The highest BCUT2D eigenvalue weighted by Gasteiger charge is 2.04. The number of carbonyl (C=O) groups excluding carboxylic acids is 1. The third-order valence-corrected chi connectivity index (χ3v) is 2.30. The van der Waals surface area contributed by atoms with E-state index in [2.05, 4.69) is 5.10 Å². The lowest BCUT2D eigenvalue weighted by atomic mass is 10.2. The summed E-state index contributed by atoms with van der Waals surface area (Å²) in [7, 11) is 0. The number of nitrogens with zero attached hydrogens (tertiary/aromatic N) is 2. The predicted molar refractivity (Wildman–Crippen MR) is 58.9 cm³/mol. The molecule has 0 aliphatic carbocycles. The summed E-state index contributed by atoms with van der Waals surface area (Å²) in [4.78, 5) is 21.9. The van der Waals surface area contributed by atoms with Crippen molar-refractivity contribution >= 4 is 5.97 Å². The van der Waals surface area contributed by atoms with Crippen LogP contribution in [0.3, 0.4) is 0 Å². The summed E-state index contributed by atoms with van der Waals surface area (Å²) in [6.45, 7) is 1.94. The van der Waals surface area contributed by atoms with Crippen LogP contribution in [0.25, 0.3) is 5.69 Å². The number of benzene rings is 1. The van der Waals surface area contributed by atoms with Gasteiger partial charge in [-0.05, 0) is 19.1 Å². The minimum Gasteiger partial charge on any atom is -0.543 e. The van der Waals surface area contributed by atoms with Gasteiger partial charge in [0.05, 0.1) is 11.7 Å². The number of aromatic carboxylic acids is 1. The molecule has 17 heavy (non-hydrogen) atoms. The van der Waals surface area contributed by atoms with Crippen molar-refractivity contribution in [2.45, 2.75) is 6.92 Å². The van der Waals surface area contributed by atoms with E-state index >= 15 is 0 Å². The molecule has 1 aromatic heterocycles. The molecule has 5 nitrogen and oxygen atoms in total. The first-order valence-electron chi connectivity index (χ1n) is 4.96. The lowest BCUT2D eigenvalue weighted by molar-refractivity contribution is -0.255. The summed E-state index contributed by atoms with van der Waals surface area (Å²) >= 11 is 0. The molecule has 0 radical (unpaired) electrons. The standard InChI is InChI=1S/C12H10N2O3/c1-8-2-4-9(5-3-8)14-7-6-10(15)11(13-14)12(16)17/h2-7H,1H3,(H,16,17)/p-1. The van der Waals surface area contributed by atoms with E-state index in [0.29, 0.717) is 5.69 Å². The van der Waals surface area contributed by atoms with E-state index in [4.69, 9.17) is 0 Å². The highest BCUT2D eigenvalue weighted by molar-refractivity contribution is 5.82. The van der Waals surface area contributed by atoms with Gasteiger partial charge in [0.2, 0.25) is 5.43 Å². The summed E-state index contributed by atoms with van der Waals surface area (Å²) in [5.74, 6) is -1.57. The van der Waals surface area contributed by atoms with E-state index in [0.717, 1.165) is 11.6 Å². The minimum absolute atomic E-state index is 0.590. The Kier molecular flexibility index (Phi) is 2.74. The van der Waals surface area contributed by atoms with E-state index in [1.165, 1.54) is 10.9 Å². The zero-order valence-electron chi connectivity index (χ0n) is 9.08. The van der Waals surface area contributed by atoms with Crippen LogP contribution in [0.15, 0.2) is 41.3 Å². The average Bonchev–Trinajstić information content (AvgIpc) is 2.30. The van der Waals surface area contributed by atoms with Crippen molar-refractivity contribution in [1.82, 2.24) is 9.78 Å². The molecule has 0 saturated carbocycles. The van der Waals surface area contributed by atoms with Gasteiger partial charge in [0.15, 0.2) is 5.69 Å². The van der Waals surface area contributed by atoms with Crippen LogP contribution < -0.4 is 10.5 Å². The van der Waals surface area contributed by atoms with Crippen molar-refractivity contribution in [2.24, 2.45) is 0 Å². The molecule has 0 unspecified atom stereocenters. The Balaban J connectivity index is 2.53. The maximum Gasteiger partial charge on any atom is 0.209 e. The molecular formula is C12H9N2O3-. The van der Waals surface area contributed by atoms with E-state index in [1.54, 1.807) is 12.1 Å². The number of carbonyl (C=O) groups is 1. The van der Waals surface area contributed by atoms with E-state index in [1.807, 2.05) is 19.1 Å². The zero-order chi connectivity index (χ0) is 12.4. The van der Waals surface area contributed by atoms with Crippen molar-refractivity contribution in [1.29, 1.82) is 0 Å². The molecule has 2 aromatic rings. The molecule has 0 aliphatic heterocycles. The normalized spacial score (nSPS) is 10.2. The summed E-state index contributed by atoms with van der Waals surface area (Å²) < 4.78 is 1.33.